The Morgan fingerprint density at radius 1 is 0.977 bits per heavy atom. The predicted molar refractivity (Wildman–Crippen MR) is 147 cm³/mol. The molecule has 0 amide bonds. The van der Waals surface area contributed by atoms with Gasteiger partial charge < -0.3 is 38.6 Å². The number of aliphatic hydroxyl groups is 2. The molecule has 4 aliphatic carbocycles. The van der Waals surface area contributed by atoms with Gasteiger partial charge in [-0.25, -0.2) is 4.79 Å². The zero-order valence-electron chi connectivity index (χ0n) is 25.4. The molecule has 11 heteroatoms. The van der Waals surface area contributed by atoms with Crippen LogP contribution in [0.15, 0.2) is 11.6 Å². The molecule has 3 aliphatic heterocycles. The topological polar surface area (TPSA) is 147 Å². The molecule has 0 aromatic heterocycles. The van der Waals surface area contributed by atoms with E-state index in [1.165, 1.54) is 19.9 Å². The molecule has 0 aromatic carbocycles. The molecule has 2 saturated heterocycles. The maximum absolute atomic E-state index is 12.7. The minimum atomic E-state index is -1.89. The molecule has 7 rings (SSSR count). The first kappa shape index (κ1) is 29.6. The molecule has 0 aromatic rings. The summed E-state index contributed by atoms with van der Waals surface area (Å²) in [6.07, 6.45) is 3.54. The standard InChI is InChI=1S/C32H44O11/c1-15-9-26(41-17(3)34)32(37)29(39-15)42-23-10-18-5-6-22-20(21(18)12-24(23)43-32)7-8-30(4)28(19-11-27(35)38-14-19)25(40-16(2)33)13-31(22,30)36/h11,15,18,20-26,28-29,36-37H,5-10,12-14H2,1-4H3. The molecular formula is C32H44O11. The van der Waals surface area contributed by atoms with E-state index in [0.717, 1.165) is 37.7 Å². The van der Waals surface area contributed by atoms with E-state index in [1.54, 1.807) is 0 Å². The molecule has 0 radical (unpaired) electrons. The molecule has 14 unspecified atom stereocenters. The molecule has 2 N–H and O–H groups in total. The zero-order valence-corrected chi connectivity index (χ0v) is 25.4. The Bertz CT molecular complexity index is 1220. The number of cyclic esters (lactones) is 1. The molecule has 0 bridgehead atoms. The first-order chi connectivity index (χ1) is 20.3. The van der Waals surface area contributed by atoms with Crippen molar-refractivity contribution in [2.24, 2.45) is 35.0 Å². The van der Waals surface area contributed by atoms with Gasteiger partial charge >= 0.3 is 17.9 Å². The molecule has 6 fully saturated rings. The predicted octanol–water partition coefficient (Wildman–Crippen LogP) is 2.54. The molecule has 0 spiro atoms. The van der Waals surface area contributed by atoms with E-state index in [-0.39, 0.29) is 42.5 Å². The highest BCUT2D eigenvalue weighted by molar-refractivity contribution is 5.85. The van der Waals surface area contributed by atoms with Crippen LogP contribution in [0.2, 0.25) is 0 Å². The Morgan fingerprint density at radius 2 is 1.74 bits per heavy atom. The van der Waals surface area contributed by atoms with Gasteiger partial charge in [0.05, 0.1) is 23.9 Å². The van der Waals surface area contributed by atoms with E-state index in [9.17, 15) is 24.6 Å². The van der Waals surface area contributed by atoms with Crippen LogP contribution in [0.1, 0.15) is 79.1 Å². The average Bonchev–Trinajstić information content (AvgIpc) is 3.43. The minimum Gasteiger partial charge on any atom is -0.462 e. The maximum Gasteiger partial charge on any atom is 0.331 e. The lowest BCUT2D eigenvalue weighted by molar-refractivity contribution is -0.455. The second-order valence-corrected chi connectivity index (χ2v) is 14.5. The van der Waals surface area contributed by atoms with Crippen LogP contribution in [-0.2, 0) is 42.8 Å². The van der Waals surface area contributed by atoms with Crippen molar-refractivity contribution in [2.75, 3.05) is 6.61 Å². The van der Waals surface area contributed by atoms with E-state index >= 15 is 0 Å². The van der Waals surface area contributed by atoms with Crippen LogP contribution in [0.25, 0.3) is 0 Å². The van der Waals surface area contributed by atoms with Crippen LogP contribution in [0.3, 0.4) is 0 Å². The van der Waals surface area contributed by atoms with Crippen molar-refractivity contribution in [2.45, 2.75) is 127 Å². The Balaban J connectivity index is 1.15. The molecule has 43 heavy (non-hydrogen) atoms. The third kappa shape index (κ3) is 4.51. The first-order valence-electron chi connectivity index (χ1n) is 16.0. The van der Waals surface area contributed by atoms with Gasteiger partial charge in [0.2, 0.25) is 6.29 Å². The molecule has 11 nitrogen and oxygen atoms in total. The summed E-state index contributed by atoms with van der Waals surface area (Å²) < 4.78 is 35.3. The number of hydrogen-bond donors (Lipinski definition) is 2. The number of hydrogen-bond acceptors (Lipinski definition) is 11. The lowest BCUT2D eigenvalue weighted by Gasteiger charge is -2.61. The molecule has 3 heterocycles. The van der Waals surface area contributed by atoms with Gasteiger partial charge in [-0.3, -0.25) is 9.59 Å². The van der Waals surface area contributed by atoms with Gasteiger partial charge in [0.15, 0.2) is 6.10 Å². The Hall–Kier alpha value is -2.05. The summed E-state index contributed by atoms with van der Waals surface area (Å²) in [7, 11) is 0. The zero-order chi connectivity index (χ0) is 30.5. The van der Waals surface area contributed by atoms with Crippen LogP contribution in [-0.4, -0.2) is 82.9 Å². The Morgan fingerprint density at radius 3 is 2.44 bits per heavy atom. The highest BCUT2D eigenvalue weighted by Gasteiger charge is 2.70. The van der Waals surface area contributed by atoms with Crippen molar-refractivity contribution in [3.63, 3.8) is 0 Å². The van der Waals surface area contributed by atoms with Crippen LogP contribution in [0.5, 0.6) is 0 Å². The summed E-state index contributed by atoms with van der Waals surface area (Å²) in [5.41, 5.74) is -0.877. The Kier molecular flexibility index (Phi) is 7.06. The fraction of sp³-hybridized carbons (Fsp3) is 0.844. The minimum absolute atomic E-state index is 0.0151. The van der Waals surface area contributed by atoms with Gasteiger partial charge in [-0.1, -0.05) is 6.92 Å². The number of carbonyl (C=O) groups is 3. The quantitative estimate of drug-likeness (QED) is 0.278. The third-order valence-corrected chi connectivity index (χ3v) is 12.2. The van der Waals surface area contributed by atoms with Gasteiger partial charge in [0.25, 0.3) is 5.79 Å². The van der Waals surface area contributed by atoms with E-state index in [4.69, 9.17) is 28.4 Å². The van der Waals surface area contributed by atoms with E-state index < -0.39 is 59.3 Å². The van der Waals surface area contributed by atoms with E-state index in [0.29, 0.717) is 25.2 Å². The lowest BCUT2D eigenvalue weighted by atomic mass is 9.47. The molecule has 7 aliphatic rings. The fourth-order valence-corrected chi connectivity index (χ4v) is 10.5. The average molecular weight is 605 g/mol. The van der Waals surface area contributed by atoms with Gasteiger partial charge in [-0.2, -0.15) is 0 Å². The number of carbonyl (C=O) groups excluding carboxylic acids is 3. The number of esters is 3. The molecular weight excluding hydrogens is 560 g/mol. The second kappa shape index (κ2) is 10.2. The van der Waals surface area contributed by atoms with Gasteiger partial charge in [0.1, 0.15) is 12.7 Å². The van der Waals surface area contributed by atoms with Gasteiger partial charge in [0, 0.05) is 44.1 Å². The SMILES string of the molecule is CC(=O)OC1CC2(O)C3CCC4CC5OC6OC(C)CC(OC(C)=O)C6(O)OC5CC4C3CCC2(C)C1C1=CC(=O)OC1. The van der Waals surface area contributed by atoms with Crippen molar-refractivity contribution < 1.29 is 53.0 Å². The largest absolute Gasteiger partial charge is 0.462 e. The number of fused-ring (bicyclic) bond motifs is 7. The summed E-state index contributed by atoms with van der Waals surface area (Å²) in [6, 6.07) is 0. The summed E-state index contributed by atoms with van der Waals surface area (Å²) in [5, 5.41) is 24.4. The van der Waals surface area contributed by atoms with Crippen molar-refractivity contribution in [1.29, 1.82) is 0 Å². The van der Waals surface area contributed by atoms with Crippen LogP contribution in [0.4, 0.5) is 0 Å². The number of rotatable bonds is 3. The van der Waals surface area contributed by atoms with Crippen molar-refractivity contribution in [3.8, 4) is 0 Å². The summed E-state index contributed by atoms with van der Waals surface area (Å²) in [6.45, 7) is 6.81. The lowest BCUT2D eigenvalue weighted by Crippen LogP contribution is -2.70. The highest BCUT2D eigenvalue weighted by atomic mass is 16.8. The second-order valence-electron chi connectivity index (χ2n) is 14.5. The monoisotopic (exact) mass is 604 g/mol. The summed E-state index contributed by atoms with van der Waals surface area (Å²) >= 11 is 0. The fourth-order valence-electron chi connectivity index (χ4n) is 10.5. The number of ether oxygens (including phenoxy) is 6. The summed E-state index contributed by atoms with van der Waals surface area (Å²) in [4.78, 5) is 36.1. The molecule has 14 atom stereocenters. The smallest absolute Gasteiger partial charge is 0.331 e. The third-order valence-electron chi connectivity index (χ3n) is 12.2. The van der Waals surface area contributed by atoms with E-state index in [1.807, 2.05) is 6.92 Å². The Labute approximate surface area is 251 Å². The van der Waals surface area contributed by atoms with Crippen LogP contribution < -0.4 is 0 Å². The normalized spacial score (nSPS) is 51.9. The van der Waals surface area contributed by atoms with Crippen molar-refractivity contribution in [3.05, 3.63) is 11.6 Å². The highest BCUT2D eigenvalue weighted by Crippen LogP contribution is 2.68. The first-order valence-corrected chi connectivity index (χ1v) is 16.0. The summed E-state index contributed by atoms with van der Waals surface area (Å²) in [5.74, 6) is -2.66. The van der Waals surface area contributed by atoms with Crippen molar-refractivity contribution in [1.82, 2.24) is 0 Å². The molecule has 4 saturated carbocycles. The van der Waals surface area contributed by atoms with Crippen LogP contribution >= 0.6 is 0 Å². The van der Waals surface area contributed by atoms with Gasteiger partial charge in [-0.15, -0.1) is 0 Å². The molecule has 238 valence electrons. The van der Waals surface area contributed by atoms with Crippen molar-refractivity contribution >= 4 is 17.9 Å². The van der Waals surface area contributed by atoms with E-state index in [2.05, 4.69) is 6.92 Å². The van der Waals surface area contributed by atoms with Gasteiger partial charge in [-0.05, 0) is 74.7 Å². The van der Waals surface area contributed by atoms with Crippen LogP contribution in [0, 0.1) is 35.0 Å². The maximum atomic E-state index is 12.7.